The molecule has 0 unspecified atom stereocenters. The van der Waals surface area contributed by atoms with Crippen LogP contribution in [0.1, 0.15) is 54.4 Å². The van der Waals surface area contributed by atoms with Gasteiger partial charge >= 0.3 is 0 Å². The number of nitrogens with zero attached hydrogens (tertiary/aromatic N) is 4. The van der Waals surface area contributed by atoms with Gasteiger partial charge in [-0.2, -0.15) is 6.57 Å². The molecule has 1 aliphatic heterocycles. The Hall–Kier alpha value is -3.66. The van der Waals surface area contributed by atoms with Crippen LogP contribution < -0.4 is 9.47 Å². The lowest BCUT2D eigenvalue weighted by molar-refractivity contribution is 0.0680. The Morgan fingerprint density at radius 1 is 1.11 bits per heavy atom. The Balaban J connectivity index is 1.40. The average Bonchev–Trinajstić information content (AvgIpc) is 2.90. The quantitative estimate of drug-likeness (QED) is 0.184. The van der Waals surface area contributed by atoms with Gasteiger partial charge in [-0.05, 0) is 74.3 Å². The number of methoxy groups -OCH3 is 2. The fourth-order valence-electron chi connectivity index (χ4n) is 4.44. The molecule has 1 aromatic carbocycles. The minimum absolute atomic E-state index is 0.0266. The second-order valence-electron chi connectivity index (χ2n) is 8.66. The summed E-state index contributed by atoms with van der Waals surface area (Å²) in [6.07, 6.45) is 14.5. The van der Waals surface area contributed by atoms with Crippen LogP contribution in [0, 0.1) is 12.5 Å². The highest BCUT2D eigenvalue weighted by Crippen LogP contribution is 2.31. The van der Waals surface area contributed by atoms with Gasteiger partial charge in [-0.25, -0.2) is 0 Å². The summed E-state index contributed by atoms with van der Waals surface area (Å²) in [6, 6.07) is 9.34. The molecule has 0 bridgehead atoms. The molecule has 2 aromatic rings. The molecule has 1 fully saturated rings. The van der Waals surface area contributed by atoms with Crippen molar-refractivity contribution in [1.82, 2.24) is 9.88 Å². The first-order valence-corrected chi connectivity index (χ1v) is 12.1. The summed E-state index contributed by atoms with van der Waals surface area (Å²) in [4.78, 5) is 22.3. The highest BCUT2D eigenvalue weighted by atomic mass is 16.5. The van der Waals surface area contributed by atoms with Crippen LogP contribution >= 0.6 is 0 Å². The molecule has 7 nitrogen and oxygen atoms in total. The first-order chi connectivity index (χ1) is 17.2. The number of hydrogen-bond acceptors (Lipinski definition) is 5. The number of ether oxygens (including phenoxy) is 2. The van der Waals surface area contributed by atoms with Crippen molar-refractivity contribution < 1.29 is 14.3 Å². The van der Waals surface area contributed by atoms with E-state index in [2.05, 4.69) is 27.2 Å². The topological polar surface area (TPSA) is 68.4 Å². The minimum Gasteiger partial charge on any atom is -0.496 e. The van der Waals surface area contributed by atoms with Crippen LogP contribution in [0.15, 0.2) is 60.0 Å². The van der Waals surface area contributed by atoms with Crippen LogP contribution in [0.5, 0.6) is 11.5 Å². The number of amides is 1. The number of allylic oxidation sites excluding steroid dienone is 2. The number of aromatic nitrogens is 1. The van der Waals surface area contributed by atoms with E-state index in [0.717, 1.165) is 62.9 Å². The second kappa shape index (κ2) is 13.9. The van der Waals surface area contributed by atoms with Gasteiger partial charge in [-0.15, -0.1) is 4.95 Å². The summed E-state index contributed by atoms with van der Waals surface area (Å²) < 4.78 is 10.8. The van der Waals surface area contributed by atoms with Crippen LogP contribution in [-0.4, -0.2) is 48.8 Å². The molecule has 0 radical (unpaired) electrons. The molecule has 0 N–H and O–H groups in total. The Labute approximate surface area is 208 Å². The van der Waals surface area contributed by atoms with Crippen molar-refractivity contribution in [3.63, 3.8) is 0 Å². The lowest BCUT2D eigenvalue weighted by Crippen LogP contribution is -2.38. The van der Waals surface area contributed by atoms with Crippen LogP contribution in [0.4, 0.5) is 0 Å². The third-order valence-electron chi connectivity index (χ3n) is 6.40. The predicted octanol–water partition coefficient (Wildman–Crippen LogP) is 5.59. The normalized spacial score (nSPS) is 14.7. The van der Waals surface area contributed by atoms with E-state index in [1.165, 1.54) is 0 Å². The number of carbonyl (C=O) groups excluding carboxylic acids is 1. The third kappa shape index (κ3) is 7.68. The van der Waals surface area contributed by atoms with Crippen LogP contribution in [0.3, 0.4) is 0 Å². The Morgan fingerprint density at radius 2 is 1.77 bits per heavy atom. The minimum atomic E-state index is -0.0266. The summed E-state index contributed by atoms with van der Waals surface area (Å²) in [7, 11) is 3.15. The van der Waals surface area contributed by atoms with Gasteiger partial charge in [-0.1, -0.05) is 18.2 Å². The molecule has 1 saturated heterocycles. The van der Waals surface area contributed by atoms with Gasteiger partial charge in [-0.3, -0.25) is 9.78 Å². The molecule has 1 aliphatic rings. The molecule has 0 aliphatic carbocycles. The van der Waals surface area contributed by atoms with Crippen molar-refractivity contribution in [2.24, 2.45) is 11.0 Å². The standard InChI is InChI=1S/C28H34N4O3/c1-29-31-24(21-23-13-17-30-18-14-23)10-7-5-4-6-9-22-15-19-32(20-16-22)28(33)27-25(34-2)11-8-12-26(27)35-3/h4-5,8,11-14,17-18,22H,6-7,9-10,15-16,19-21H2,2-3H3/b5-4+,31-24+. The van der Waals surface area contributed by atoms with Gasteiger partial charge in [0.05, 0.1) is 19.3 Å². The van der Waals surface area contributed by atoms with Crippen molar-refractivity contribution in [2.75, 3.05) is 27.3 Å². The molecule has 2 heterocycles. The van der Waals surface area contributed by atoms with Crippen molar-refractivity contribution in [2.45, 2.75) is 44.9 Å². The van der Waals surface area contributed by atoms with Gasteiger partial charge in [0.15, 0.2) is 0 Å². The number of rotatable bonds is 11. The van der Waals surface area contributed by atoms with Crippen molar-refractivity contribution in [3.8, 4) is 11.5 Å². The molecule has 0 spiro atoms. The first kappa shape index (κ1) is 26.0. The summed E-state index contributed by atoms with van der Waals surface area (Å²) in [6.45, 7) is 8.56. The number of likely N-dealkylation sites (tertiary alicyclic amines) is 1. The smallest absolute Gasteiger partial charge is 0.261 e. The van der Waals surface area contributed by atoms with Crippen LogP contribution in [-0.2, 0) is 6.42 Å². The highest BCUT2D eigenvalue weighted by Gasteiger charge is 2.27. The maximum atomic E-state index is 13.1. The van der Waals surface area contributed by atoms with E-state index >= 15 is 0 Å². The molecule has 1 amide bonds. The monoisotopic (exact) mass is 474 g/mol. The van der Waals surface area contributed by atoms with Gasteiger partial charge in [0.25, 0.3) is 5.91 Å². The fraction of sp³-hybridized carbons (Fsp3) is 0.429. The van der Waals surface area contributed by atoms with E-state index in [9.17, 15) is 4.79 Å². The number of hydrogen-bond donors (Lipinski definition) is 0. The summed E-state index contributed by atoms with van der Waals surface area (Å²) in [5.74, 6) is 1.69. The van der Waals surface area contributed by atoms with E-state index in [-0.39, 0.29) is 5.91 Å². The highest BCUT2D eigenvalue weighted by molar-refractivity contribution is 5.99. The Kier molecular flexibility index (Phi) is 10.3. The van der Waals surface area contributed by atoms with Crippen molar-refractivity contribution >= 4 is 11.6 Å². The summed E-state index contributed by atoms with van der Waals surface area (Å²) in [5.41, 5.74) is 2.53. The van der Waals surface area contributed by atoms with E-state index in [4.69, 9.17) is 16.0 Å². The maximum Gasteiger partial charge on any atom is 0.261 e. The zero-order valence-corrected chi connectivity index (χ0v) is 20.7. The van der Waals surface area contributed by atoms with E-state index < -0.39 is 0 Å². The zero-order valence-electron chi connectivity index (χ0n) is 20.7. The molecule has 35 heavy (non-hydrogen) atoms. The van der Waals surface area contributed by atoms with E-state index in [0.29, 0.717) is 29.4 Å². The van der Waals surface area contributed by atoms with Gasteiger partial charge in [0, 0.05) is 31.9 Å². The van der Waals surface area contributed by atoms with Crippen molar-refractivity contribution in [1.29, 1.82) is 0 Å². The Morgan fingerprint density at radius 3 is 2.40 bits per heavy atom. The molecular weight excluding hydrogens is 440 g/mol. The SMILES string of the molecule is [C-]#[N+]/N=C(\CC/C=C/CCC1CCN(C(=O)c2c(OC)cccc2OC)CC1)Cc1ccncc1. The van der Waals surface area contributed by atoms with E-state index in [1.807, 2.05) is 23.1 Å². The van der Waals surface area contributed by atoms with Gasteiger partial charge in [0.2, 0.25) is 0 Å². The molecule has 0 saturated carbocycles. The predicted molar refractivity (Wildman–Crippen MR) is 138 cm³/mol. The zero-order chi connectivity index (χ0) is 24.9. The number of piperidine rings is 1. The van der Waals surface area contributed by atoms with Crippen LogP contribution in [0.25, 0.3) is 4.95 Å². The lowest BCUT2D eigenvalue weighted by Gasteiger charge is -2.32. The summed E-state index contributed by atoms with van der Waals surface area (Å²) >= 11 is 0. The average molecular weight is 475 g/mol. The third-order valence-corrected chi connectivity index (χ3v) is 6.40. The second-order valence-corrected chi connectivity index (χ2v) is 8.66. The largest absolute Gasteiger partial charge is 0.496 e. The molecule has 3 rings (SSSR count). The first-order valence-electron chi connectivity index (χ1n) is 12.1. The molecule has 184 valence electrons. The number of pyridine rings is 1. The number of carbonyl (C=O) groups is 1. The van der Waals surface area contributed by atoms with Gasteiger partial charge < -0.3 is 14.4 Å². The molecule has 7 heteroatoms. The maximum absolute atomic E-state index is 13.1. The molecule has 0 atom stereocenters. The lowest BCUT2D eigenvalue weighted by atomic mass is 9.91. The fourth-order valence-corrected chi connectivity index (χ4v) is 4.44. The van der Waals surface area contributed by atoms with Crippen molar-refractivity contribution in [3.05, 3.63) is 77.5 Å². The van der Waals surface area contributed by atoms with Crippen LogP contribution in [0.2, 0.25) is 0 Å². The Bertz CT molecular complexity index is 1030. The molecule has 1 aromatic heterocycles. The van der Waals surface area contributed by atoms with Gasteiger partial charge in [0.1, 0.15) is 22.8 Å². The van der Waals surface area contributed by atoms with E-state index in [1.54, 1.807) is 38.7 Å². The summed E-state index contributed by atoms with van der Waals surface area (Å²) in [5, 5.41) is 3.98. The number of benzene rings is 1. The molecular formula is C28H34N4O3.